The topological polar surface area (TPSA) is 54.5 Å². The number of nitrogens with one attached hydrogen (secondary N) is 1. The van der Waals surface area contributed by atoms with Gasteiger partial charge in [0.15, 0.2) is 0 Å². The third-order valence-corrected chi connectivity index (χ3v) is 3.20. The van der Waals surface area contributed by atoms with Gasteiger partial charge in [-0.2, -0.15) is 0 Å². The number of carbonyl (C=O) groups is 1. The molecule has 0 atom stereocenters. The van der Waals surface area contributed by atoms with Crippen LogP contribution in [0.15, 0.2) is 42.5 Å². The molecule has 0 aliphatic rings. The third kappa shape index (κ3) is 3.83. The Bertz CT molecular complexity index is 627. The lowest BCUT2D eigenvalue weighted by molar-refractivity contribution is 0.0937. The van der Waals surface area contributed by atoms with Crippen molar-refractivity contribution in [1.82, 2.24) is 10.3 Å². The van der Waals surface area contributed by atoms with E-state index in [1.165, 1.54) is 0 Å². The summed E-state index contributed by atoms with van der Waals surface area (Å²) in [7, 11) is 5.36. The van der Waals surface area contributed by atoms with Crippen LogP contribution in [0.5, 0.6) is 0 Å². The zero-order valence-electron chi connectivity index (χ0n) is 13.2. The van der Waals surface area contributed by atoms with Gasteiger partial charge >= 0.3 is 0 Å². The molecule has 2 rings (SSSR count). The number of methoxy groups -OCH3 is 1. The number of amides is 1. The third-order valence-electron chi connectivity index (χ3n) is 3.20. The Morgan fingerprint density at radius 1 is 1.18 bits per heavy atom. The molecule has 0 fully saturated rings. The minimum atomic E-state index is -0.145. The lowest BCUT2D eigenvalue weighted by Gasteiger charge is -2.17. The van der Waals surface area contributed by atoms with E-state index in [-0.39, 0.29) is 5.91 Å². The summed E-state index contributed by atoms with van der Waals surface area (Å²) < 4.78 is 4.94. The van der Waals surface area contributed by atoms with E-state index < -0.39 is 0 Å². The van der Waals surface area contributed by atoms with Crippen LogP contribution in [0, 0.1) is 0 Å². The zero-order valence-corrected chi connectivity index (χ0v) is 13.2. The largest absolute Gasteiger partial charge is 0.383 e. The molecule has 1 N–H and O–H groups in total. The van der Waals surface area contributed by atoms with Crippen LogP contribution >= 0.6 is 0 Å². The maximum Gasteiger partial charge on any atom is 0.255 e. The van der Waals surface area contributed by atoms with E-state index in [2.05, 4.69) is 10.3 Å². The summed E-state index contributed by atoms with van der Waals surface area (Å²) in [6.45, 7) is 0.960. The summed E-state index contributed by atoms with van der Waals surface area (Å²) in [6, 6.07) is 13.6. The van der Waals surface area contributed by atoms with E-state index >= 15 is 0 Å². The average Bonchev–Trinajstić information content (AvgIpc) is 2.55. The van der Waals surface area contributed by atoms with Gasteiger partial charge in [-0.25, -0.2) is 4.98 Å². The Balaban J connectivity index is 2.30. The summed E-state index contributed by atoms with van der Waals surface area (Å²) in [6.07, 6.45) is 0. The van der Waals surface area contributed by atoms with Gasteiger partial charge in [0.25, 0.3) is 5.91 Å². The number of benzene rings is 1. The molecule has 0 spiro atoms. The van der Waals surface area contributed by atoms with Gasteiger partial charge in [-0.1, -0.05) is 30.3 Å². The molecule has 1 aromatic carbocycles. The smallest absolute Gasteiger partial charge is 0.255 e. The lowest BCUT2D eigenvalue weighted by atomic mass is 10.1. The summed E-state index contributed by atoms with van der Waals surface area (Å²) in [5.41, 5.74) is 2.43. The van der Waals surface area contributed by atoms with Crippen molar-refractivity contribution in [1.29, 1.82) is 0 Å². The standard InChI is InChI=1S/C17H21N3O2/c1-20(2)16-14(17(21)18-11-12-22-3)9-10-15(19-16)13-7-5-4-6-8-13/h4-10H,11-12H2,1-3H3,(H,18,21). The maximum absolute atomic E-state index is 12.3. The molecule has 0 saturated heterocycles. The molecule has 0 bridgehead atoms. The molecule has 2 aromatic rings. The zero-order chi connectivity index (χ0) is 15.9. The van der Waals surface area contributed by atoms with Crippen LogP contribution in [0.1, 0.15) is 10.4 Å². The fourth-order valence-electron chi connectivity index (χ4n) is 2.10. The molecule has 1 amide bonds. The monoisotopic (exact) mass is 299 g/mol. The Morgan fingerprint density at radius 3 is 2.55 bits per heavy atom. The summed E-state index contributed by atoms with van der Waals surface area (Å²) in [4.78, 5) is 18.7. The Morgan fingerprint density at radius 2 is 1.91 bits per heavy atom. The van der Waals surface area contributed by atoms with E-state index in [0.717, 1.165) is 11.3 Å². The Hall–Kier alpha value is -2.40. The first kappa shape index (κ1) is 16.0. The second kappa shape index (κ2) is 7.56. The number of aromatic nitrogens is 1. The second-order valence-corrected chi connectivity index (χ2v) is 5.08. The van der Waals surface area contributed by atoms with E-state index in [1.54, 1.807) is 7.11 Å². The first-order chi connectivity index (χ1) is 10.6. The highest BCUT2D eigenvalue weighted by atomic mass is 16.5. The van der Waals surface area contributed by atoms with Crippen molar-refractivity contribution in [3.63, 3.8) is 0 Å². The van der Waals surface area contributed by atoms with Crippen molar-refractivity contribution in [3.8, 4) is 11.3 Å². The van der Waals surface area contributed by atoms with Crippen LogP contribution < -0.4 is 10.2 Å². The van der Waals surface area contributed by atoms with Gasteiger partial charge < -0.3 is 15.0 Å². The van der Waals surface area contributed by atoms with Gasteiger partial charge in [0.05, 0.1) is 17.9 Å². The lowest BCUT2D eigenvalue weighted by Crippen LogP contribution is -2.29. The highest BCUT2D eigenvalue weighted by Crippen LogP contribution is 2.23. The normalized spacial score (nSPS) is 10.3. The summed E-state index contributed by atoms with van der Waals surface area (Å²) in [5.74, 6) is 0.504. The van der Waals surface area contributed by atoms with Crippen LogP contribution in [0.25, 0.3) is 11.3 Å². The van der Waals surface area contributed by atoms with Crippen LogP contribution in [-0.2, 0) is 4.74 Å². The Labute approximate surface area is 130 Å². The van der Waals surface area contributed by atoms with Gasteiger partial charge in [-0.15, -0.1) is 0 Å². The van der Waals surface area contributed by atoms with Gasteiger partial charge in [0.1, 0.15) is 5.82 Å². The number of pyridine rings is 1. The van der Waals surface area contributed by atoms with Gasteiger partial charge in [0.2, 0.25) is 0 Å². The van der Waals surface area contributed by atoms with Crippen LogP contribution in [0.3, 0.4) is 0 Å². The molecular formula is C17H21N3O2. The molecule has 5 nitrogen and oxygen atoms in total. The Kier molecular flexibility index (Phi) is 5.49. The molecule has 5 heteroatoms. The number of nitrogens with zero attached hydrogens (tertiary/aromatic N) is 2. The van der Waals surface area contributed by atoms with E-state index in [1.807, 2.05) is 61.5 Å². The van der Waals surface area contributed by atoms with Crippen molar-refractivity contribution < 1.29 is 9.53 Å². The van der Waals surface area contributed by atoms with Crippen molar-refractivity contribution in [3.05, 3.63) is 48.0 Å². The molecule has 0 aliphatic carbocycles. The average molecular weight is 299 g/mol. The molecule has 1 heterocycles. The summed E-state index contributed by atoms with van der Waals surface area (Å²) in [5, 5.41) is 2.82. The molecule has 22 heavy (non-hydrogen) atoms. The predicted octanol–water partition coefficient (Wildman–Crippen LogP) is 2.19. The molecule has 0 aliphatic heterocycles. The van der Waals surface area contributed by atoms with Crippen molar-refractivity contribution >= 4 is 11.7 Å². The number of rotatable bonds is 6. The fraction of sp³-hybridized carbons (Fsp3) is 0.294. The van der Waals surface area contributed by atoms with Gasteiger partial charge in [-0.3, -0.25) is 4.79 Å². The van der Waals surface area contributed by atoms with E-state index in [9.17, 15) is 4.79 Å². The van der Waals surface area contributed by atoms with Gasteiger partial charge in [0, 0.05) is 33.3 Å². The summed E-state index contributed by atoms with van der Waals surface area (Å²) >= 11 is 0. The van der Waals surface area contributed by atoms with Crippen LogP contribution in [0.4, 0.5) is 5.82 Å². The number of carbonyl (C=O) groups excluding carboxylic acids is 1. The first-order valence-corrected chi connectivity index (χ1v) is 7.14. The molecule has 116 valence electrons. The van der Waals surface area contributed by atoms with Crippen LogP contribution in [-0.4, -0.2) is 45.2 Å². The van der Waals surface area contributed by atoms with Crippen molar-refractivity contribution in [2.24, 2.45) is 0 Å². The minimum absolute atomic E-state index is 0.145. The van der Waals surface area contributed by atoms with Crippen molar-refractivity contribution in [2.75, 3.05) is 39.3 Å². The van der Waals surface area contributed by atoms with Crippen LogP contribution in [0.2, 0.25) is 0 Å². The molecule has 0 saturated carbocycles. The van der Waals surface area contributed by atoms with Gasteiger partial charge in [-0.05, 0) is 12.1 Å². The SMILES string of the molecule is COCCNC(=O)c1ccc(-c2ccccc2)nc1N(C)C. The number of ether oxygens (including phenoxy) is 1. The maximum atomic E-state index is 12.3. The highest BCUT2D eigenvalue weighted by molar-refractivity contribution is 5.99. The number of hydrogen-bond acceptors (Lipinski definition) is 4. The first-order valence-electron chi connectivity index (χ1n) is 7.14. The quantitative estimate of drug-likeness (QED) is 0.831. The van der Waals surface area contributed by atoms with Crippen molar-refractivity contribution in [2.45, 2.75) is 0 Å². The molecule has 0 unspecified atom stereocenters. The second-order valence-electron chi connectivity index (χ2n) is 5.08. The van der Waals surface area contributed by atoms with E-state index in [0.29, 0.717) is 24.5 Å². The minimum Gasteiger partial charge on any atom is -0.383 e. The number of anilines is 1. The molecule has 0 radical (unpaired) electrons. The fourth-order valence-corrected chi connectivity index (χ4v) is 2.10. The predicted molar refractivity (Wildman–Crippen MR) is 88.2 cm³/mol. The number of hydrogen-bond donors (Lipinski definition) is 1. The molecular weight excluding hydrogens is 278 g/mol. The molecule has 1 aromatic heterocycles. The highest BCUT2D eigenvalue weighted by Gasteiger charge is 2.15. The van der Waals surface area contributed by atoms with E-state index in [4.69, 9.17) is 4.74 Å².